The third-order valence-electron chi connectivity index (χ3n) is 3.10. The van der Waals surface area contributed by atoms with E-state index in [0.717, 1.165) is 37.0 Å². The van der Waals surface area contributed by atoms with Crippen molar-refractivity contribution in [1.82, 2.24) is 15.5 Å². The smallest absolute Gasteiger partial charge is 0.226 e. The molecule has 0 aliphatic rings. The molecule has 0 aliphatic carbocycles. The number of rotatable bonds is 7. The maximum Gasteiger partial charge on any atom is 0.226 e. The van der Waals surface area contributed by atoms with Crippen LogP contribution in [0.1, 0.15) is 45.3 Å². The first kappa shape index (κ1) is 13.2. The molecule has 1 N–H and O–H groups in total. The summed E-state index contributed by atoms with van der Waals surface area (Å²) in [4.78, 5) is 4.17. The van der Waals surface area contributed by atoms with Crippen molar-refractivity contribution in [3.8, 4) is 0 Å². The number of hydrogen-bond acceptors (Lipinski definition) is 4. The molecule has 0 spiro atoms. The Morgan fingerprint density at radius 2 is 2.12 bits per heavy atom. The molecule has 1 aromatic heterocycles. The van der Waals surface area contributed by atoms with Crippen molar-refractivity contribution in [2.24, 2.45) is 5.92 Å². The maximum absolute atomic E-state index is 5.05. The Hall–Kier alpha value is -0.900. The monoisotopic (exact) mass is 225 g/mol. The van der Waals surface area contributed by atoms with Crippen LogP contribution < -0.4 is 5.32 Å². The van der Waals surface area contributed by atoms with E-state index in [1.165, 1.54) is 6.42 Å². The van der Waals surface area contributed by atoms with Crippen molar-refractivity contribution in [3.05, 3.63) is 11.7 Å². The van der Waals surface area contributed by atoms with Crippen molar-refractivity contribution >= 4 is 0 Å². The van der Waals surface area contributed by atoms with Gasteiger partial charge in [0.15, 0.2) is 5.82 Å². The molecule has 16 heavy (non-hydrogen) atoms. The van der Waals surface area contributed by atoms with Gasteiger partial charge in [0.1, 0.15) is 0 Å². The summed E-state index contributed by atoms with van der Waals surface area (Å²) in [5.74, 6) is 2.19. The highest BCUT2D eigenvalue weighted by atomic mass is 16.5. The molecule has 1 aromatic rings. The molecule has 0 saturated heterocycles. The van der Waals surface area contributed by atoms with Crippen molar-refractivity contribution in [2.75, 3.05) is 6.54 Å². The van der Waals surface area contributed by atoms with Gasteiger partial charge in [-0.3, -0.25) is 0 Å². The van der Waals surface area contributed by atoms with Crippen molar-refractivity contribution in [2.45, 2.75) is 53.0 Å². The summed E-state index contributed by atoms with van der Waals surface area (Å²) in [6, 6.07) is 0.578. The fraction of sp³-hybridized carbons (Fsp3) is 0.833. The molecule has 0 bridgehead atoms. The highest BCUT2D eigenvalue weighted by molar-refractivity contribution is 4.82. The average Bonchev–Trinajstić information content (AvgIpc) is 2.69. The highest BCUT2D eigenvalue weighted by Gasteiger charge is 2.09. The number of nitrogens with zero attached hydrogens (tertiary/aromatic N) is 2. The molecule has 2 atom stereocenters. The zero-order valence-electron chi connectivity index (χ0n) is 10.8. The minimum Gasteiger partial charge on any atom is -0.339 e. The van der Waals surface area contributed by atoms with E-state index in [0.29, 0.717) is 6.04 Å². The average molecular weight is 225 g/mol. The normalized spacial score (nSPS) is 15.0. The van der Waals surface area contributed by atoms with Crippen LogP contribution in [0, 0.1) is 12.8 Å². The Bertz CT molecular complexity index is 298. The molecule has 0 fully saturated rings. The summed E-state index contributed by atoms with van der Waals surface area (Å²) >= 11 is 0. The minimum absolute atomic E-state index is 0.578. The topological polar surface area (TPSA) is 51.0 Å². The van der Waals surface area contributed by atoms with Gasteiger partial charge in [-0.1, -0.05) is 25.4 Å². The van der Waals surface area contributed by atoms with E-state index in [9.17, 15) is 0 Å². The second kappa shape index (κ2) is 6.63. The largest absolute Gasteiger partial charge is 0.339 e. The third kappa shape index (κ3) is 4.31. The summed E-state index contributed by atoms with van der Waals surface area (Å²) in [6.07, 6.45) is 3.13. The van der Waals surface area contributed by atoms with Crippen LogP contribution >= 0.6 is 0 Å². The first-order valence-electron chi connectivity index (χ1n) is 6.16. The van der Waals surface area contributed by atoms with E-state index < -0.39 is 0 Å². The van der Waals surface area contributed by atoms with Crippen molar-refractivity contribution < 1.29 is 4.52 Å². The predicted molar refractivity (Wildman–Crippen MR) is 64.3 cm³/mol. The van der Waals surface area contributed by atoms with Gasteiger partial charge in [0, 0.05) is 12.5 Å². The van der Waals surface area contributed by atoms with Crippen LogP contribution in [-0.2, 0) is 6.42 Å². The summed E-state index contributed by atoms with van der Waals surface area (Å²) in [6.45, 7) is 9.59. The standard InChI is InChI=1S/C12H23N3O/c1-5-9(2)10(3)13-8-6-7-12-14-11(4)15-16-12/h9-10,13H,5-8H2,1-4H3. The summed E-state index contributed by atoms with van der Waals surface area (Å²) in [5, 5.41) is 7.29. The van der Waals surface area contributed by atoms with Crippen LogP contribution in [0.5, 0.6) is 0 Å². The van der Waals surface area contributed by atoms with Gasteiger partial charge in [-0.05, 0) is 32.7 Å². The lowest BCUT2D eigenvalue weighted by atomic mass is 10.0. The third-order valence-corrected chi connectivity index (χ3v) is 3.10. The van der Waals surface area contributed by atoms with E-state index in [4.69, 9.17) is 4.52 Å². The number of hydrogen-bond donors (Lipinski definition) is 1. The van der Waals surface area contributed by atoms with Gasteiger partial charge in [0.25, 0.3) is 0 Å². The zero-order chi connectivity index (χ0) is 12.0. The molecule has 2 unspecified atom stereocenters. The van der Waals surface area contributed by atoms with E-state index in [1.54, 1.807) is 0 Å². The van der Waals surface area contributed by atoms with Crippen LogP contribution in [0.2, 0.25) is 0 Å². The number of nitrogens with one attached hydrogen (secondary N) is 1. The second-order valence-electron chi connectivity index (χ2n) is 4.47. The Morgan fingerprint density at radius 3 is 2.69 bits per heavy atom. The van der Waals surface area contributed by atoms with Gasteiger partial charge in [0.05, 0.1) is 0 Å². The molecule has 0 radical (unpaired) electrons. The zero-order valence-corrected chi connectivity index (χ0v) is 10.8. The van der Waals surface area contributed by atoms with Crippen LogP contribution in [0.25, 0.3) is 0 Å². The molecule has 0 aliphatic heterocycles. The number of aryl methyl sites for hydroxylation is 2. The minimum atomic E-state index is 0.578. The number of aromatic nitrogens is 2. The molecular weight excluding hydrogens is 202 g/mol. The molecule has 4 nitrogen and oxygen atoms in total. The van der Waals surface area contributed by atoms with E-state index >= 15 is 0 Å². The molecule has 0 amide bonds. The lowest BCUT2D eigenvalue weighted by Crippen LogP contribution is -2.32. The fourth-order valence-electron chi connectivity index (χ4n) is 1.57. The highest BCUT2D eigenvalue weighted by Crippen LogP contribution is 2.06. The summed E-state index contributed by atoms with van der Waals surface area (Å²) in [7, 11) is 0. The van der Waals surface area contributed by atoms with Gasteiger partial charge in [-0.2, -0.15) is 4.98 Å². The van der Waals surface area contributed by atoms with Gasteiger partial charge in [-0.15, -0.1) is 0 Å². The van der Waals surface area contributed by atoms with Crippen LogP contribution in [-0.4, -0.2) is 22.7 Å². The molecule has 4 heteroatoms. The first-order valence-corrected chi connectivity index (χ1v) is 6.16. The molecular formula is C12H23N3O. The molecule has 92 valence electrons. The Kier molecular flexibility index (Phi) is 5.46. The lowest BCUT2D eigenvalue weighted by molar-refractivity contribution is 0.360. The first-order chi connectivity index (χ1) is 7.63. The van der Waals surface area contributed by atoms with Gasteiger partial charge in [-0.25, -0.2) is 0 Å². The van der Waals surface area contributed by atoms with Crippen LogP contribution in [0.15, 0.2) is 4.52 Å². The molecule has 1 rings (SSSR count). The van der Waals surface area contributed by atoms with Crippen LogP contribution in [0.3, 0.4) is 0 Å². The van der Waals surface area contributed by atoms with Crippen LogP contribution in [0.4, 0.5) is 0 Å². The summed E-state index contributed by atoms with van der Waals surface area (Å²) in [5.41, 5.74) is 0. The molecule has 1 heterocycles. The van der Waals surface area contributed by atoms with E-state index in [1.807, 2.05) is 6.92 Å². The SMILES string of the molecule is CCC(C)C(C)NCCCc1nc(C)no1. The van der Waals surface area contributed by atoms with Gasteiger partial charge >= 0.3 is 0 Å². The fourth-order valence-corrected chi connectivity index (χ4v) is 1.57. The van der Waals surface area contributed by atoms with Crippen molar-refractivity contribution in [1.29, 1.82) is 0 Å². The molecule has 0 aromatic carbocycles. The van der Waals surface area contributed by atoms with E-state index in [-0.39, 0.29) is 0 Å². The Balaban J connectivity index is 2.12. The van der Waals surface area contributed by atoms with Gasteiger partial charge < -0.3 is 9.84 Å². The maximum atomic E-state index is 5.05. The van der Waals surface area contributed by atoms with Gasteiger partial charge in [0.2, 0.25) is 5.89 Å². The Morgan fingerprint density at radius 1 is 1.38 bits per heavy atom. The van der Waals surface area contributed by atoms with Crippen molar-refractivity contribution in [3.63, 3.8) is 0 Å². The summed E-state index contributed by atoms with van der Waals surface area (Å²) < 4.78 is 5.05. The second-order valence-corrected chi connectivity index (χ2v) is 4.47. The lowest BCUT2D eigenvalue weighted by Gasteiger charge is -2.19. The molecule has 0 saturated carbocycles. The quantitative estimate of drug-likeness (QED) is 0.724. The predicted octanol–water partition coefficient (Wildman–Crippen LogP) is 2.33. The van der Waals surface area contributed by atoms with E-state index in [2.05, 4.69) is 36.2 Å². The Labute approximate surface area is 97.8 Å².